The minimum absolute atomic E-state index is 0.117. The zero-order valence-corrected chi connectivity index (χ0v) is 9.58. The quantitative estimate of drug-likeness (QED) is 0.508. The van der Waals surface area contributed by atoms with Gasteiger partial charge in [0.25, 0.3) is 0 Å². The Labute approximate surface area is 82.7 Å². The molecule has 0 rings (SSSR count). The van der Waals surface area contributed by atoms with Gasteiger partial charge in [0.1, 0.15) is 0 Å². The number of hydrogen-bond donors (Lipinski definition) is 0. The van der Waals surface area contributed by atoms with Gasteiger partial charge in [0.05, 0.1) is 0 Å². The van der Waals surface area contributed by atoms with E-state index in [0.29, 0.717) is 0 Å². The number of hydrogen-bond acceptors (Lipinski definition) is 0. The Morgan fingerprint density at radius 2 is 1.33 bits per heavy atom. The molecule has 0 unspecified atom stereocenters. The van der Waals surface area contributed by atoms with Crippen molar-refractivity contribution in [1.82, 2.24) is 0 Å². The van der Waals surface area contributed by atoms with E-state index in [9.17, 15) is 0 Å². The second kappa shape index (κ2) is 6.77. The normalized spacial score (nSPS) is 12.0. The summed E-state index contributed by atoms with van der Waals surface area (Å²) in [5.74, 6) is 0. The molecule has 0 amide bonds. The molecule has 1 heteroatoms. The van der Waals surface area contributed by atoms with Crippen LogP contribution in [-0.2, 0) is 0 Å². The minimum Gasteiger partial charge on any atom is -0.119 e. The van der Waals surface area contributed by atoms with Crippen molar-refractivity contribution in [1.29, 1.82) is 0 Å². The van der Waals surface area contributed by atoms with Gasteiger partial charge in [0.15, 0.2) is 0 Å². The van der Waals surface area contributed by atoms with Crippen LogP contribution in [0.4, 0.5) is 0 Å². The van der Waals surface area contributed by atoms with Gasteiger partial charge in [-0.2, -0.15) is 0 Å². The van der Waals surface area contributed by atoms with Crippen molar-refractivity contribution in [3.8, 4) is 0 Å². The predicted octanol–water partition coefficient (Wildman–Crippen LogP) is 4.75. The summed E-state index contributed by atoms with van der Waals surface area (Å²) in [6.45, 7) is 6.66. The third-order valence-corrected chi connectivity index (χ3v) is 3.24. The van der Waals surface area contributed by atoms with E-state index >= 15 is 0 Å². The molecule has 0 heterocycles. The molecule has 0 aromatic rings. The first kappa shape index (κ1) is 12.3. The van der Waals surface area contributed by atoms with Crippen LogP contribution in [0.2, 0.25) is 0 Å². The molecule has 0 saturated carbocycles. The van der Waals surface area contributed by atoms with Gasteiger partial charge < -0.3 is 0 Å². The van der Waals surface area contributed by atoms with Crippen LogP contribution in [0.15, 0.2) is 0 Å². The lowest BCUT2D eigenvalue weighted by Crippen LogP contribution is -2.19. The van der Waals surface area contributed by atoms with Crippen LogP contribution in [0, 0.1) is 0 Å². The van der Waals surface area contributed by atoms with E-state index in [0.717, 1.165) is 6.42 Å². The van der Waals surface area contributed by atoms with Gasteiger partial charge in [-0.3, -0.25) is 0 Å². The molecule has 74 valence electrons. The van der Waals surface area contributed by atoms with Gasteiger partial charge in [-0.05, 0) is 19.3 Å². The Morgan fingerprint density at radius 1 is 0.917 bits per heavy atom. The first-order valence-corrected chi connectivity index (χ1v) is 5.75. The molecule has 0 aliphatic heterocycles. The zero-order valence-electron chi connectivity index (χ0n) is 8.83. The fourth-order valence-corrected chi connectivity index (χ4v) is 1.73. The fraction of sp³-hybridized carbons (Fsp3) is 1.00. The summed E-state index contributed by atoms with van der Waals surface area (Å²) in [6, 6.07) is 0. The van der Waals surface area contributed by atoms with Crippen LogP contribution in [-0.4, -0.2) is 4.87 Å². The summed E-state index contributed by atoms with van der Waals surface area (Å²) in [5.41, 5.74) is 0. The van der Waals surface area contributed by atoms with Gasteiger partial charge >= 0.3 is 0 Å². The maximum atomic E-state index is 6.48. The van der Waals surface area contributed by atoms with E-state index in [2.05, 4.69) is 20.8 Å². The lowest BCUT2D eigenvalue weighted by molar-refractivity contribution is 0.443. The highest BCUT2D eigenvalue weighted by molar-refractivity contribution is 6.23. The molecule has 0 fully saturated rings. The first-order chi connectivity index (χ1) is 5.68. The second-order valence-corrected chi connectivity index (χ2v) is 4.51. The van der Waals surface area contributed by atoms with Crippen LogP contribution in [0.3, 0.4) is 0 Å². The molecular formula is C11H23Cl. The summed E-state index contributed by atoms with van der Waals surface area (Å²) in [7, 11) is 0. The summed E-state index contributed by atoms with van der Waals surface area (Å²) in [4.78, 5) is 0.117. The van der Waals surface area contributed by atoms with E-state index in [1.54, 1.807) is 0 Å². The van der Waals surface area contributed by atoms with Crippen LogP contribution in [0.25, 0.3) is 0 Å². The van der Waals surface area contributed by atoms with Gasteiger partial charge in [-0.1, -0.05) is 46.5 Å². The maximum Gasteiger partial charge on any atom is 0.0444 e. The van der Waals surface area contributed by atoms with Crippen LogP contribution < -0.4 is 0 Å². The van der Waals surface area contributed by atoms with Crippen molar-refractivity contribution < 1.29 is 0 Å². The molecule has 0 aromatic carbocycles. The van der Waals surface area contributed by atoms with Gasteiger partial charge in [0, 0.05) is 4.87 Å². The number of alkyl halides is 1. The smallest absolute Gasteiger partial charge is 0.0444 e. The van der Waals surface area contributed by atoms with Gasteiger partial charge in [-0.25, -0.2) is 0 Å². The maximum absolute atomic E-state index is 6.48. The summed E-state index contributed by atoms with van der Waals surface area (Å²) >= 11 is 6.48. The molecule has 0 N–H and O–H groups in total. The predicted molar refractivity (Wildman–Crippen MR) is 57.9 cm³/mol. The van der Waals surface area contributed by atoms with Crippen molar-refractivity contribution in [3.63, 3.8) is 0 Å². The molecule has 0 aliphatic carbocycles. The number of rotatable bonds is 7. The Kier molecular flexibility index (Phi) is 6.93. The lowest BCUT2D eigenvalue weighted by Gasteiger charge is -2.25. The van der Waals surface area contributed by atoms with E-state index in [-0.39, 0.29) is 4.87 Å². The third-order valence-electron chi connectivity index (χ3n) is 2.59. The molecule has 12 heavy (non-hydrogen) atoms. The first-order valence-electron chi connectivity index (χ1n) is 5.37. The molecule has 0 aliphatic rings. The highest BCUT2D eigenvalue weighted by atomic mass is 35.5. The van der Waals surface area contributed by atoms with Crippen LogP contribution in [0.1, 0.15) is 65.7 Å². The summed E-state index contributed by atoms with van der Waals surface area (Å²) in [5, 5.41) is 0. The highest BCUT2D eigenvalue weighted by Gasteiger charge is 2.22. The molecule has 0 aromatic heterocycles. The van der Waals surface area contributed by atoms with Crippen molar-refractivity contribution in [2.75, 3.05) is 0 Å². The highest BCUT2D eigenvalue weighted by Crippen LogP contribution is 2.31. The largest absolute Gasteiger partial charge is 0.119 e. The van der Waals surface area contributed by atoms with Gasteiger partial charge in [-0.15, -0.1) is 11.6 Å². The fourth-order valence-electron chi connectivity index (χ4n) is 1.47. The molecule has 0 bridgehead atoms. The van der Waals surface area contributed by atoms with E-state index in [1.807, 2.05) is 0 Å². The van der Waals surface area contributed by atoms with Crippen molar-refractivity contribution in [3.05, 3.63) is 0 Å². The SMILES string of the molecule is CCCCC(Cl)(CC)CCCC. The Balaban J connectivity index is 3.70. The second-order valence-electron chi connectivity index (χ2n) is 3.71. The molecule has 0 radical (unpaired) electrons. The summed E-state index contributed by atoms with van der Waals surface area (Å²) < 4.78 is 0. The average molecular weight is 191 g/mol. The number of halogens is 1. The zero-order chi connectivity index (χ0) is 9.45. The monoisotopic (exact) mass is 190 g/mol. The van der Waals surface area contributed by atoms with Crippen molar-refractivity contribution >= 4 is 11.6 Å². The third kappa shape index (κ3) is 5.03. The van der Waals surface area contributed by atoms with Gasteiger partial charge in [0.2, 0.25) is 0 Å². The topological polar surface area (TPSA) is 0 Å². The standard InChI is InChI=1S/C11H23Cl/c1-4-7-9-11(12,6-3)10-8-5-2/h4-10H2,1-3H3. The van der Waals surface area contributed by atoms with Crippen molar-refractivity contribution in [2.24, 2.45) is 0 Å². The Morgan fingerprint density at radius 3 is 1.58 bits per heavy atom. The molecule has 0 atom stereocenters. The average Bonchev–Trinajstić information content (AvgIpc) is 2.11. The molecule has 0 saturated heterocycles. The van der Waals surface area contributed by atoms with E-state index in [1.165, 1.54) is 38.5 Å². The lowest BCUT2D eigenvalue weighted by atomic mass is 9.93. The van der Waals surface area contributed by atoms with Crippen LogP contribution in [0.5, 0.6) is 0 Å². The van der Waals surface area contributed by atoms with E-state index < -0.39 is 0 Å². The molecular weight excluding hydrogens is 168 g/mol. The summed E-state index contributed by atoms with van der Waals surface area (Å²) in [6.07, 6.45) is 8.60. The number of unbranched alkanes of at least 4 members (excludes halogenated alkanes) is 2. The van der Waals surface area contributed by atoms with Crippen LogP contribution >= 0.6 is 11.6 Å². The van der Waals surface area contributed by atoms with Crippen molar-refractivity contribution in [2.45, 2.75) is 70.6 Å². The Bertz CT molecular complexity index is 91.2. The Hall–Kier alpha value is 0.290. The molecule has 0 spiro atoms. The minimum atomic E-state index is 0.117. The molecule has 0 nitrogen and oxygen atoms in total. The van der Waals surface area contributed by atoms with E-state index in [4.69, 9.17) is 11.6 Å².